The molecule has 0 rings (SSSR count). The van der Waals surface area contributed by atoms with Crippen molar-refractivity contribution in [1.82, 2.24) is 4.90 Å². The van der Waals surface area contributed by atoms with Gasteiger partial charge >= 0.3 is 0 Å². The second-order valence-corrected chi connectivity index (χ2v) is 2.03. The molecular weight excluding hydrogens is 98.1 g/mol. The van der Waals surface area contributed by atoms with Crippen LogP contribution in [0.5, 0.6) is 0 Å². The maximum atomic E-state index is 3.02. The smallest absolute Gasteiger partial charge is 0.0680 e. The Hall–Kier alpha value is -0.480. The minimum atomic E-state index is 0.389. The lowest BCUT2D eigenvalue weighted by Gasteiger charge is -2.11. The molecule has 0 N–H and O–H groups in total. The normalized spacial score (nSPS) is 12.6. The Labute approximate surface area is 51.7 Å². The molecule has 46 valence electrons. The van der Waals surface area contributed by atoms with Gasteiger partial charge in [-0.2, -0.15) is 0 Å². The summed E-state index contributed by atoms with van der Waals surface area (Å²) in [5.74, 6) is 5.88. The molecular formula is C7H13N. The minimum Gasteiger partial charge on any atom is -0.296 e. The number of rotatable bonds is 1. The van der Waals surface area contributed by atoms with Crippen LogP contribution in [0.3, 0.4) is 0 Å². The lowest BCUT2D eigenvalue weighted by Crippen LogP contribution is -2.22. The Morgan fingerprint density at radius 1 is 1.38 bits per heavy atom. The molecule has 1 nitrogen and oxygen atoms in total. The van der Waals surface area contributed by atoms with E-state index in [0.717, 1.165) is 0 Å². The molecule has 0 fully saturated rings. The summed E-state index contributed by atoms with van der Waals surface area (Å²) in [4.78, 5) is 2.08. The standard InChI is InChI=1S/C7H13N/c1-5-6-7(2)8(3)4/h7H,1-4H3. The van der Waals surface area contributed by atoms with Crippen LogP contribution in [-0.4, -0.2) is 25.0 Å². The van der Waals surface area contributed by atoms with Crippen molar-refractivity contribution in [2.24, 2.45) is 0 Å². The second kappa shape index (κ2) is 3.51. The van der Waals surface area contributed by atoms with Crippen LogP contribution < -0.4 is 0 Å². The number of hydrogen-bond acceptors (Lipinski definition) is 1. The zero-order valence-corrected chi connectivity index (χ0v) is 6.02. The van der Waals surface area contributed by atoms with Crippen LogP contribution >= 0.6 is 0 Å². The first-order valence-corrected chi connectivity index (χ1v) is 2.77. The maximum absolute atomic E-state index is 3.02. The van der Waals surface area contributed by atoms with Crippen LogP contribution in [0.2, 0.25) is 0 Å². The first kappa shape index (κ1) is 7.52. The zero-order valence-electron chi connectivity index (χ0n) is 6.02. The average Bonchev–Trinajstić information content (AvgIpc) is 1.67. The molecule has 0 aliphatic carbocycles. The third-order valence-electron chi connectivity index (χ3n) is 1.13. The largest absolute Gasteiger partial charge is 0.296 e. The Bertz CT molecular complexity index is 105. The Morgan fingerprint density at radius 2 is 1.88 bits per heavy atom. The quantitative estimate of drug-likeness (QED) is 0.455. The third kappa shape index (κ3) is 2.65. The Morgan fingerprint density at radius 3 is 2.00 bits per heavy atom. The van der Waals surface area contributed by atoms with E-state index in [0.29, 0.717) is 6.04 Å². The average molecular weight is 111 g/mol. The molecule has 0 aliphatic heterocycles. The highest BCUT2D eigenvalue weighted by molar-refractivity contribution is 5.03. The first-order valence-electron chi connectivity index (χ1n) is 2.77. The van der Waals surface area contributed by atoms with Crippen molar-refractivity contribution < 1.29 is 0 Å². The predicted molar refractivity (Wildman–Crippen MR) is 36.6 cm³/mol. The zero-order chi connectivity index (χ0) is 6.57. The molecule has 0 saturated heterocycles. The van der Waals surface area contributed by atoms with Crippen LogP contribution in [0.4, 0.5) is 0 Å². The summed E-state index contributed by atoms with van der Waals surface area (Å²) in [6.07, 6.45) is 0. The molecule has 0 aromatic carbocycles. The van der Waals surface area contributed by atoms with Crippen LogP contribution in [0.25, 0.3) is 0 Å². The molecule has 0 aromatic heterocycles. The summed E-state index contributed by atoms with van der Waals surface area (Å²) < 4.78 is 0. The summed E-state index contributed by atoms with van der Waals surface area (Å²) >= 11 is 0. The molecule has 1 unspecified atom stereocenters. The maximum Gasteiger partial charge on any atom is 0.0680 e. The summed E-state index contributed by atoms with van der Waals surface area (Å²) in [7, 11) is 4.05. The topological polar surface area (TPSA) is 3.24 Å². The van der Waals surface area contributed by atoms with Gasteiger partial charge in [-0.25, -0.2) is 0 Å². The predicted octanol–water partition coefficient (Wildman–Crippen LogP) is 0.960. The lowest BCUT2D eigenvalue weighted by atomic mass is 10.3. The van der Waals surface area contributed by atoms with E-state index in [1.165, 1.54) is 0 Å². The first-order chi connectivity index (χ1) is 3.68. The van der Waals surface area contributed by atoms with Gasteiger partial charge in [0.1, 0.15) is 0 Å². The van der Waals surface area contributed by atoms with Crippen molar-refractivity contribution in [1.29, 1.82) is 0 Å². The summed E-state index contributed by atoms with van der Waals surface area (Å²) in [5.41, 5.74) is 0. The van der Waals surface area contributed by atoms with E-state index in [1.54, 1.807) is 0 Å². The molecule has 8 heavy (non-hydrogen) atoms. The summed E-state index contributed by atoms with van der Waals surface area (Å²) in [6, 6.07) is 0.389. The van der Waals surface area contributed by atoms with Gasteiger partial charge < -0.3 is 0 Å². The van der Waals surface area contributed by atoms with E-state index in [4.69, 9.17) is 0 Å². The van der Waals surface area contributed by atoms with Crippen LogP contribution in [0.1, 0.15) is 13.8 Å². The second-order valence-electron chi connectivity index (χ2n) is 2.03. The molecule has 0 bridgehead atoms. The van der Waals surface area contributed by atoms with Crippen LogP contribution in [0.15, 0.2) is 0 Å². The molecule has 1 atom stereocenters. The van der Waals surface area contributed by atoms with Gasteiger partial charge in [-0.05, 0) is 27.9 Å². The molecule has 0 amide bonds. The van der Waals surface area contributed by atoms with Gasteiger partial charge in [0.05, 0.1) is 6.04 Å². The van der Waals surface area contributed by atoms with Crippen LogP contribution in [-0.2, 0) is 0 Å². The van der Waals surface area contributed by atoms with Gasteiger partial charge in [-0.1, -0.05) is 5.92 Å². The SMILES string of the molecule is CC#CC(C)N(C)C. The molecule has 0 aromatic rings. The van der Waals surface area contributed by atoms with Gasteiger partial charge in [0.15, 0.2) is 0 Å². The Balaban J connectivity index is 3.58. The van der Waals surface area contributed by atoms with Crippen molar-refractivity contribution in [3.8, 4) is 11.8 Å². The fourth-order valence-corrected chi connectivity index (χ4v) is 0.338. The van der Waals surface area contributed by atoms with E-state index >= 15 is 0 Å². The highest BCUT2D eigenvalue weighted by Crippen LogP contribution is 1.85. The van der Waals surface area contributed by atoms with E-state index < -0.39 is 0 Å². The van der Waals surface area contributed by atoms with E-state index in [-0.39, 0.29) is 0 Å². The monoisotopic (exact) mass is 111 g/mol. The molecule has 0 heterocycles. The fraction of sp³-hybridized carbons (Fsp3) is 0.714. The summed E-state index contributed by atoms with van der Waals surface area (Å²) in [5, 5.41) is 0. The number of hydrogen-bond donors (Lipinski definition) is 0. The fourth-order valence-electron chi connectivity index (χ4n) is 0.338. The van der Waals surface area contributed by atoms with E-state index in [1.807, 2.05) is 21.0 Å². The highest BCUT2D eigenvalue weighted by atomic mass is 15.1. The molecule has 0 radical (unpaired) electrons. The van der Waals surface area contributed by atoms with Gasteiger partial charge in [0.25, 0.3) is 0 Å². The van der Waals surface area contributed by atoms with Crippen molar-refractivity contribution in [3.05, 3.63) is 0 Å². The van der Waals surface area contributed by atoms with Gasteiger partial charge in [0.2, 0.25) is 0 Å². The van der Waals surface area contributed by atoms with Gasteiger partial charge in [-0.3, -0.25) is 4.90 Å². The van der Waals surface area contributed by atoms with Gasteiger partial charge in [0, 0.05) is 0 Å². The highest BCUT2D eigenvalue weighted by Gasteiger charge is 1.95. The molecule has 0 aliphatic rings. The van der Waals surface area contributed by atoms with Crippen molar-refractivity contribution in [2.45, 2.75) is 19.9 Å². The van der Waals surface area contributed by atoms with Crippen molar-refractivity contribution in [3.63, 3.8) is 0 Å². The van der Waals surface area contributed by atoms with Crippen molar-refractivity contribution in [2.75, 3.05) is 14.1 Å². The van der Waals surface area contributed by atoms with E-state index in [2.05, 4.69) is 23.7 Å². The lowest BCUT2D eigenvalue weighted by molar-refractivity contribution is 0.373. The van der Waals surface area contributed by atoms with Crippen LogP contribution in [0, 0.1) is 11.8 Å². The molecule has 1 heteroatoms. The van der Waals surface area contributed by atoms with Gasteiger partial charge in [-0.15, -0.1) is 5.92 Å². The molecule has 0 spiro atoms. The summed E-state index contributed by atoms with van der Waals surface area (Å²) in [6.45, 7) is 3.94. The van der Waals surface area contributed by atoms with Crippen molar-refractivity contribution >= 4 is 0 Å². The third-order valence-corrected chi connectivity index (χ3v) is 1.13. The number of nitrogens with zero attached hydrogens (tertiary/aromatic N) is 1. The van der Waals surface area contributed by atoms with E-state index in [9.17, 15) is 0 Å². The Kier molecular flexibility index (Phi) is 3.30. The minimum absolute atomic E-state index is 0.389. The molecule has 0 saturated carbocycles.